The van der Waals surface area contributed by atoms with Gasteiger partial charge in [-0.05, 0) is 30.5 Å². The van der Waals surface area contributed by atoms with Crippen molar-refractivity contribution in [1.82, 2.24) is 0 Å². The Morgan fingerprint density at radius 1 is 1.41 bits per heavy atom. The molecule has 1 aromatic rings. The van der Waals surface area contributed by atoms with E-state index in [4.69, 9.17) is 10.5 Å². The summed E-state index contributed by atoms with van der Waals surface area (Å²) in [5.41, 5.74) is 6.16. The predicted octanol–water partition coefficient (Wildman–Crippen LogP) is 2.24. The molecule has 0 aliphatic carbocycles. The summed E-state index contributed by atoms with van der Waals surface area (Å²) in [5.74, 6) is 0.430. The number of ether oxygens (including phenoxy) is 1. The highest BCUT2D eigenvalue weighted by Crippen LogP contribution is 2.25. The molecule has 1 rings (SSSR count). The second-order valence-electron chi connectivity index (χ2n) is 4.61. The molecule has 0 saturated heterocycles. The zero-order chi connectivity index (χ0) is 13.0. The van der Waals surface area contributed by atoms with Crippen molar-refractivity contribution in [1.29, 1.82) is 0 Å². The smallest absolute Gasteiger partial charge is 0.128 e. The maximum atomic E-state index is 13.6. The van der Waals surface area contributed by atoms with Crippen molar-refractivity contribution in [2.45, 2.75) is 32.4 Å². The van der Waals surface area contributed by atoms with E-state index in [0.717, 1.165) is 0 Å². The Bertz CT molecular complexity index is 368. The highest BCUT2D eigenvalue weighted by Gasteiger charge is 2.21. The summed E-state index contributed by atoms with van der Waals surface area (Å²) in [6, 6.07) is 3.63. The van der Waals surface area contributed by atoms with Crippen LogP contribution < -0.4 is 10.5 Å². The van der Waals surface area contributed by atoms with Crippen molar-refractivity contribution in [2.75, 3.05) is 7.11 Å². The van der Waals surface area contributed by atoms with Gasteiger partial charge in [-0.25, -0.2) is 4.39 Å². The van der Waals surface area contributed by atoms with E-state index in [1.165, 1.54) is 25.3 Å². The summed E-state index contributed by atoms with van der Waals surface area (Å²) < 4.78 is 18.6. The summed E-state index contributed by atoms with van der Waals surface area (Å²) >= 11 is 0. The predicted molar refractivity (Wildman–Crippen MR) is 65.3 cm³/mol. The third kappa shape index (κ3) is 3.68. The number of halogens is 1. The Labute approximate surface area is 101 Å². The van der Waals surface area contributed by atoms with Crippen molar-refractivity contribution in [3.63, 3.8) is 0 Å². The molecule has 17 heavy (non-hydrogen) atoms. The quantitative estimate of drug-likeness (QED) is 0.831. The molecule has 0 aromatic heterocycles. The molecule has 96 valence electrons. The molecule has 0 aliphatic heterocycles. The molecular formula is C13H20FNO2. The third-order valence-electron chi connectivity index (χ3n) is 2.69. The van der Waals surface area contributed by atoms with Crippen LogP contribution in [0.4, 0.5) is 4.39 Å². The van der Waals surface area contributed by atoms with E-state index in [0.29, 0.717) is 18.1 Å². The number of methoxy groups -OCH3 is 1. The molecule has 0 spiro atoms. The Morgan fingerprint density at radius 3 is 2.59 bits per heavy atom. The molecule has 0 aliphatic rings. The number of nitrogens with two attached hydrogens (primary N) is 1. The lowest BCUT2D eigenvalue weighted by Crippen LogP contribution is -2.28. The van der Waals surface area contributed by atoms with Crippen LogP contribution in [-0.2, 0) is 0 Å². The van der Waals surface area contributed by atoms with Gasteiger partial charge in [0.15, 0.2) is 0 Å². The molecule has 4 heteroatoms. The van der Waals surface area contributed by atoms with Crippen LogP contribution in [0.2, 0.25) is 0 Å². The minimum Gasteiger partial charge on any atom is -0.497 e. The average molecular weight is 241 g/mol. The monoisotopic (exact) mass is 241 g/mol. The van der Waals surface area contributed by atoms with Gasteiger partial charge in [0.25, 0.3) is 0 Å². The maximum absolute atomic E-state index is 13.6. The zero-order valence-electron chi connectivity index (χ0n) is 10.5. The standard InChI is InChI=1S/C13H20FNO2/c1-8(2)6-12(16)13(15)10-7-9(17-3)4-5-11(10)14/h4-5,7-8,12-13,16H,6,15H2,1-3H3/t12-,13+/m1/s1. The van der Waals surface area contributed by atoms with Crippen LogP contribution >= 0.6 is 0 Å². The molecule has 0 amide bonds. The fourth-order valence-corrected chi connectivity index (χ4v) is 1.74. The van der Waals surface area contributed by atoms with Gasteiger partial charge in [0, 0.05) is 5.56 Å². The van der Waals surface area contributed by atoms with E-state index in [1.54, 1.807) is 0 Å². The van der Waals surface area contributed by atoms with E-state index in [2.05, 4.69) is 0 Å². The van der Waals surface area contributed by atoms with Gasteiger partial charge in [-0.3, -0.25) is 0 Å². The molecular weight excluding hydrogens is 221 g/mol. The number of aliphatic hydroxyl groups excluding tert-OH is 1. The normalized spacial score (nSPS) is 14.8. The Kier molecular flexibility index (Phi) is 4.90. The molecule has 1 aromatic carbocycles. The second kappa shape index (κ2) is 5.98. The highest BCUT2D eigenvalue weighted by molar-refractivity contribution is 5.32. The molecule has 0 unspecified atom stereocenters. The fourth-order valence-electron chi connectivity index (χ4n) is 1.74. The third-order valence-corrected chi connectivity index (χ3v) is 2.69. The summed E-state index contributed by atoms with van der Waals surface area (Å²) in [4.78, 5) is 0. The van der Waals surface area contributed by atoms with Crippen LogP contribution in [0.3, 0.4) is 0 Å². The summed E-state index contributed by atoms with van der Waals surface area (Å²) in [7, 11) is 1.51. The van der Waals surface area contributed by atoms with Gasteiger partial charge in [-0.2, -0.15) is 0 Å². The van der Waals surface area contributed by atoms with Crippen LogP contribution in [0.25, 0.3) is 0 Å². The number of benzene rings is 1. The molecule has 0 radical (unpaired) electrons. The molecule has 2 atom stereocenters. The maximum Gasteiger partial charge on any atom is 0.128 e. The fraction of sp³-hybridized carbons (Fsp3) is 0.538. The van der Waals surface area contributed by atoms with Crippen molar-refractivity contribution >= 4 is 0 Å². The first kappa shape index (κ1) is 13.9. The van der Waals surface area contributed by atoms with Gasteiger partial charge >= 0.3 is 0 Å². The van der Waals surface area contributed by atoms with Gasteiger partial charge < -0.3 is 15.6 Å². The Balaban J connectivity index is 2.90. The topological polar surface area (TPSA) is 55.5 Å². The lowest BCUT2D eigenvalue weighted by Gasteiger charge is -2.21. The summed E-state index contributed by atoms with van der Waals surface area (Å²) in [6.07, 6.45) is -0.214. The van der Waals surface area contributed by atoms with Gasteiger partial charge in [0.2, 0.25) is 0 Å². The minimum absolute atomic E-state index is 0.289. The molecule has 0 bridgehead atoms. The van der Waals surface area contributed by atoms with Crippen molar-refractivity contribution in [3.8, 4) is 5.75 Å². The van der Waals surface area contributed by atoms with Gasteiger partial charge in [0.1, 0.15) is 11.6 Å². The SMILES string of the molecule is COc1ccc(F)c([C@H](N)[C@H](O)CC(C)C)c1. The number of hydrogen-bond acceptors (Lipinski definition) is 3. The van der Waals surface area contributed by atoms with E-state index in [1.807, 2.05) is 13.8 Å². The first-order valence-corrected chi connectivity index (χ1v) is 5.72. The van der Waals surface area contributed by atoms with Crippen LogP contribution in [0, 0.1) is 11.7 Å². The molecule has 0 saturated carbocycles. The molecule has 3 nitrogen and oxygen atoms in total. The van der Waals surface area contributed by atoms with Crippen LogP contribution in [-0.4, -0.2) is 18.3 Å². The van der Waals surface area contributed by atoms with Crippen LogP contribution in [0.5, 0.6) is 5.75 Å². The number of rotatable bonds is 5. The van der Waals surface area contributed by atoms with Crippen molar-refractivity contribution < 1.29 is 14.2 Å². The zero-order valence-corrected chi connectivity index (χ0v) is 10.5. The first-order chi connectivity index (χ1) is 7.95. The molecule has 3 N–H and O–H groups in total. The van der Waals surface area contributed by atoms with Gasteiger partial charge in [-0.15, -0.1) is 0 Å². The van der Waals surface area contributed by atoms with Crippen LogP contribution in [0.1, 0.15) is 31.9 Å². The van der Waals surface area contributed by atoms with Gasteiger partial charge in [0.05, 0.1) is 19.3 Å². The van der Waals surface area contributed by atoms with E-state index in [9.17, 15) is 9.50 Å². The van der Waals surface area contributed by atoms with Crippen molar-refractivity contribution in [2.24, 2.45) is 11.7 Å². The van der Waals surface area contributed by atoms with Crippen molar-refractivity contribution in [3.05, 3.63) is 29.6 Å². The van der Waals surface area contributed by atoms with E-state index < -0.39 is 18.0 Å². The number of hydrogen-bond donors (Lipinski definition) is 2. The highest BCUT2D eigenvalue weighted by atomic mass is 19.1. The largest absolute Gasteiger partial charge is 0.497 e. The molecule has 0 fully saturated rings. The lowest BCUT2D eigenvalue weighted by molar-refractivity contribution is 0.119. The summed E-state index contributed by atoms with van der Waals surface area (Å²) in [5, 5.41) is 9.90. The average Bonchev–Trinajstić information content (AvgIpc) is 2.28. The van der Waals surface area contributed by atoms with Gasteiger partial charge in [-0.1, -0.05) is 13.8 Å². The Hall–Kier alpha value is -1.13. The first-order valence-electron chi connectivity index (χ1n) is 5.72. The Morgan fingerprint density at radius 2 is 2.06 bits per heavy atom. The minimum atomic E-state index is -0.753. The van der Waals surface area contributed by atoms with E-state index in [-0.39, 0.29) is 5.56 Å². The second-order valence-corrected chi connectivity index (χ2v) is 4.61. The summed E-state index contributed by atoms with van der Waals surface area (Å²) in [6.45, 7) is 3.97. The van der Waals surface area contributed by atoms with Crippen LogP contribution in [0.15, 0.2) is 18.2 Å². The lowest BCUT2D eigenvalue weighted by atomic mass is 9.95. The molecule has 0 heterocycles. The van der Waals surface area contributed by atoms with E-state index >= 15 is 0 Å². The number of aliphatic hydroxyl groups is 1.